The fourth-order valence-corrected chi connectivity index (χ4v) is 12.5. The number of aliphatic hydroxyl groups excluding tert-OH is 8. The average molecular weight is 683 g/mol. The zero-order chi connectivity index (χ0) is 35.6. The second-order valence-corrected chi connectivity index (χ2v) is 17.7. The van der Waals surface area contributed by atoms with Crippen molar-refractivity contribution in [3.8, 4) is 0 Å². The van der Waals surface area contributed by atoms with Gasteiger partial charge in [-0.25, -0.2) is 0 Å². The lowest BCUT2D eigenvalue weighted by Crippen LogP contribution is -2.72. The molecule has 1 aliphatic heterocycles. The van der Waals surface area contributed by atoms with E-state index >= 15 is 0 Å². The van der Waals surface area contributed by atoms with Crippen molar-refractivity contribution in [1.82, 2.24) is 0 Å². The van der Waals surface area contributed by atoms with Crippen LogP contribution < -0.4 is 0 Å². The highest BCUT2D eigenvalue weighted by Crippen LogP contribution is 2.76. The highest BCUT2D eigenvalue weighted by Gasteiger charge is 2.74. The summed E-state index contributed by atoms with van der Waals surface area (Å²) >= 11 is 0. The number of carbonyl (C=O) groups is 1. The summed E-state index contributed by atoms with van der Waals surface area (Å²) in [5, 5.41) is 98.2. The monoisotopic (exact) mass is 682 g/mol. The highest BCUT2D eigenvalue weighted by molar-refractivity contribution is 5.79. The summed E-state index contributed by atoms with van der Waals surface area (Å²) in [5.41, 5.74) is -4.54. The predicted molar refractivity (Wildman–Crippen MR) is 170 cm³/mol. The van der Waals surface area contributed by atoms with Crippen LogP contribution in [0.4, 0.5) is 0 Å². The second kappa shape index (κ2) is 11.7. The summed E-state index contributed by atoms with van der Waals surface area (Å²) in [6.45, 7) is 10.8. The predicted octanol–water partition coefficient (Wildman–Crippen LogP) is 0.377. The summed E-state index contributed by atoms with van der Waals surface area (Å²) in [5.74, 6) is -2.08. The zero-order valence-electron chi connectivity index (χ0n) is 29.1. The van der Waals surface area contributed by atoms with Gasteiger partial charge < -0.3 is 55.4 Å². The van der Waals surface area contributed by atoms with E-state index in [1.807, 2.05) is 6.92 Å². The maximum atomic E-state index is 14.5. The smallest absolute Gasteiger partial charge is 0.315 e. The van der Waals surface area contributed by atoms with Crippen LogP contribution in [-0.2, 0) is 14.3 Å². The number of allylic oxidation sites excluding steroid dienone is 1. The molecule has 18 atom stereocenters. The van der Waals surface area contributed by atoms with E-state index in [1.165, 1.54) is 0 Å². The minimum atomic E-state index is -1.75. The Morgan fingerprint density at radius 1 is 0.917 bits per heavy atom. The first-order valence-electron chi connectivity index (χ1n) is 17.8. The standard InChI is InChI=1S/C36H58O12/c1-17-9-10-36(30(45)48-29-25(43)24(42)23(41)21(15-37)47-29)12-11-33(4)18(26(36)35(17,6)46)7-8-22-31(2)13-20(40)28(44)32(3,16-38)27(31)19(39)14-34(22,33)5/h7,17,19-29,37-44,46H,8-16H2,1-6H3/t17-,19-,20-,21-,22-,23-,24+,25-,26+,27-,28+,29+,31-,32+,33-,34-,35-,36+/m1/s1. The first kappa shape index (κ1) is 36.6. The first-order chi connectivity index (χ1) is 22.2. The Morgan fingerprint density at radius 2 is 1.58 bits per heavy atom. The van der Waals surface area contributed by atoms with E-state index in [2.05, 4.69) is 26.8 Å². The third kappa shape index (κ3) is 4.60. The summed E-state index contributed by atoms with van der Waals surface area (Å²) in [7, 11) is 0. The lowest BCUT2D eigenvalue weighted by atomic mass is 9.32. The van der Waals surface area contributed by atoms with E-state index < -0.39 is 106 Å². The average Bonchev–Trinajstić information content (AvgIpc) is 3.02. The molecule has 48 heavy (non-hydrogen) atoms. The van der Waals surface area contributed by atoms with Crippen molar-refractivity contribution in [3.05, 3.63) is 11.6 Å². The van der Waals surface area contributed by atoms with Gasteiger partial charge in [0.05, 0.1) is 42.5 Å². The molecule has 6 aliphatic rings. The molecular formula is C36H58O12. The molecule has 12 heteroatoms. The minimum Gasteiger partial charge on any atom is -0.432 e. The molecule has 0 aromatic rings. The first-order valence-corrected chi connectivity index (χ1v) is 17.8. The van der Waals surface area contributed by atoms with Crippen LogP contribution in [0, 0.1) is 50.7 Å². The van der Waals surface area contributed by atoms with E-state index in [0.29, 0.717) is 38.5 Å². The number of fused-ring (bicyclic) bond motifs is 7. The maximum Gasteiger partial charge on any atom is 0.315 e. The largest absolute Gasteiger partial charge is 0.432 e. The Balaban J connectivity index is 1.42. The van der Waals surface area contributed by atoms with Crippen LogP contribution in [0.1, 0.15) is 86.5 Å². The number of rotatable bonds is 4. The van der Waals surface area contributed by atoms with Crippen LogP contribution >= 0.6 is 0 Å². The lowest BCUT2D eigenvalue weighted by Gasteiger charge is -2.73. The van der Waals surface area contributed by atoms with Gasteiger partial charge in [0.25, 0.3) is 0 Å². The summed E-state index contributed by atoms with van der Waals surface area (Å²) in [4.78, 5) is 14.5. The molecule has 4 saturated carbocycles. The van der Waals surface area contributed by atoms with Crippen LogP contribution in [0.2, 0.25) is 0 Å². The maximum absolute atomic E-state index is 14.5. The van der Waals surface area contributed by atoms with E-state index in [9.17, 15) is 50.8 Å². The Kier molecular flexibility index (Phi) is 8.89. The molecule has 0 radical (unpaired) electrons. The molecule has 9 N–H and O–H groups in total. The Bertz CT molecular complexity index is 1300. The van der Waals surface area contributed by atoms with E-state index in [0.717, 1.165) is 5.57 Å². The van der Waals surface area contributed by atoms with Crippen molar-refractivity contribution in [2.75, 3.05) is 13.2 Å². The van der Waals surface area contributed by atoms with E-state index in [4.69, 9.17) is 9.47 Å². The van der Waals surface area contributed by atoms with Crippen LogP contribution in [0.15, 0.2) is 11.6 Å². The van der Waals surface area contributed by atoms with Crippen LogP contribution in [0.3, 0.4) is 0 Å². The topological polar surface area (TPSA) is 218 Å². The number of hydrogen-bond acceptors (Lipinski definition) is 12. The zero-order valence-corrected chi connectivity index (χ0v) is 29.1. The molecule has 0 amide bonds. The van der Waals surface area contributed by atoms with Gasteiger partial charge in [0.2, 0.25) is 6.29 Å². The van der Waals surface area contributed by atoms with Crippen molar-refractivity contribution in [2.45, 2.75) is 141 Å². The molecule has 0 aromatic carbocycles. The molecule has 12 nitrogen and oxygen atoms in total. The van der Waals surface area contributed by atoms with Crippen LogP contribution in [0.5, 0.6) is 0 Å². The van der Waals surface area contributed by atoms with Gasteiger partial charge >= 0.3 is 5.97 Å². The lowest BCUT2D eigenvalue weighted by molar-refractivity contribution is -0.300. The normalized spacial score (nSPS) is 58.1. The van der Waals surface area contributed by atoms with E-state index in [-0.39, 0.29) is 24.9 Å². The van der Waals surface area contributed by atoms with Gasteiger partial charge in [0.15, 0.2) is 0 Å². The number of carbonyl (C=O) groups excluding carboxylic acids is 1. The van der Waals surface area contributed by atoms with Crippen LogP contribution in [0.25, 0.3) is 0 Å². The van der Waals surface area contributed by atoms with Gasteiger partial charge in [0.1, 0.15) is 24.4 Å². The number of hydrogen-bond donors (Lipinski definition) is 9. The fraction of sp³-hybridized carbons (Fsp3) is 0.917. The summed E-state index contributed by atoms with van der Waals surface area (Å²) in [6, 6.07) is 0. The number of esters is 1. The van der Waals surface area contributed by atoms with Gasteiger partial charge in [0, 0.05) is 17.3 Å². The molecule has 1 saturated heterocycles. The van der Waals surface area contributed by atoms with Gasteiger partial charge in [-0.1, -0.05) is 46.3 Å². The minimum absolute atomic E-state index is 0.0558. The second-order valence-electron chi connectivity index (χ2n) is 17.7. The number of aliphatic hydroxyl groups is 9. The molecule has 0 unspecified atom stereocenters. The molecule has 0 aromatic heterocycles. The Hall–Kier alpha value is -1.19. The third-order valence-electron chi connectivity index (χ3n) is 15.5. The molecule has 6 rings (SSSR count). The van der Waals surface area contributed by atoms with Crippen molar-refractivity contribution in [1.29, 1.82) is 0 Å². The molecule has 5 aliphatic carbocycles. The third-order valence-corrected chi connectivity index (χ3v) is 15.5. The molecule has 0 spiro atoms. The van der Waals surface area contributed by atoms with Crippen LogP contribution in [-0.4, -0.2) is 120 Å². The van der Waals surface area contributed by atoms with Gasteiger partial charge in [-0.2, -0.15) is 0 Å². The summed E-state index contributed by atoms with van der Waals surface area (Å²) in [6.07, 6.45) is -5.98. The molecule has 1 heterocycles. The van der Waals surface area contributed by atoms with Crippen molar-refractivity contribution >= 4 is 5.97 Å². The number of ether oxygens (including phenoxy) is 2. The van der Waals surface area contributed by atoms with Gasteiger partial charge in [-0.3, -0.25) is 4.79 Å². The Labute approximate surface area is 282 Å². The van der Waals surface area contributed by atoms with Gasteiger partial charge in [-0.05, 0) is 80.0 Å². The summed E-state index contributed by atoms with van der Waals surface area (Å²) < 4.78 is 11.4. The molecule has 5 fully saturated rings. The highest BCUT2D eigenvalue weighted by atomic mass is 16.7. The van der Waals surface area contributed by atoms with Gasteiger partial charge in [-0.15, -0.1) is 0 Å². The fourth-order valence-electron chi connectivity index (χ4n) is 12.5. The molecule has 0 bridgehead atoms. The SMILES string of the molecule is C[C@@H]1CC[C@]2(C(=O)O[C@@H]3O[C@H](CO)[C@@H](O)[C@H](O)[C@H]3O)CC[C@]3(C)C(=CC[C@@H]4[C@@]5(C)C[C@@H](O)[C@H](O)[C@@](C)(CO)[C@@H]5[C@H](O)C[C@]43C)[C@H]2[C@]1(C)O. The van der Waals surface area contributed by atoms with Crippen molar-refractivity contribution < 1.29 is 60.2 Å². The molecular weight excluding hydrogens is 624 g/mol. The quantitative estimate of drug-likeness (QED) is 0.145. The van der Waals surface area contributed by atoms with Crippen molar-refractivity contribution in [2.24, 2.45) is 50.7 Å². The Morgan fingerprint density at radius 3 is 2.21 bits per heavy atom. The molecule has 274 valence electrons. The van der Waals surface area contributed by atoms with Crippen molar-refractivity contribution in [3.63, 3.8) is 0 Å². The van der Waals surface area contributed by atoms with E-state index in [1.54, 1.807) is 13.8 Å².